The van der Waals surface area contributed by atoms with Crippen molar-refractivity contribution in [3.05, 3.63) is 63.8 Å². The number of anilines is 1. The summed E-state index contributed by atoms with van der Waals surface area (Å²) in [4.78, 5) is 4.77. The molecule has 28 heavy (non-hydrogen) atoms. The molecule has 0 amide bonds. The molecule has 6 heteroatoms. The van der Waals surface area contributed by atoms with Gasteiger partial charge in [0.2, 0.25) is 0 Å². The zero-order chi connectivity index (χ0) is 19.3. The highest BCUT2D eigenvalue weighted by Crippen LogP contribution is 2.34. The van der Waals surface area contributed by atoms with Gasteiger partial charge in [0.15, 0.2) is 0 Å². The van der Waals surface area contributed by atoms with Crippen LogP contribution in [0.2, 0.25) is 5.02 Å². The van der Waals surface area contributed by atoms with Crippen molar-refractivity contribution in [3.8, 4) is 5.75 Å². The summed E-state index contributed by atoms with van der Waals surface area (Å²) in [7, 11) is 1.68. The third-order valence-corrected chi connectivity index (χ3v) is 5.65. The first-order valence-corrected chi connectivity index (χ1v) is 10.6. The van der Waals surface area contributed by atoms with Gasteiger partial charge in [-0.25, -0.2) is 4.98 Å². The summed E-state index contributed by atoms with van der Waals surface area (Å²) in [6.45, 7) is 2.74. The minimum absolute atomic E-state index is 0.691. The standard InChI is InChI=1S/C22H22ClN3OS/c1-27-17-4-6-20-19(12-17)22(18-5-3-16(23)11-21(18)26-20)25-9-2-8-24-13-15-7-10-28-14-15/h3-7,10-12,14,24H,2,8-9,13H2,1H3,(H,25,26). The van der Waals surface area contributed by atoms with Crippen LogP contribution in [0.15, 0.2) is 53.2 Å². The fourth-order valence-corrected chi connectivity index (χ4v) is 4.10. The average Bonchev–Trinajstić information content (AvgIpc) is 3.22. The molecule has 4 rings (SSSR count). The van der Waals surface area contributed by atoms with Crippen LogP contribution in [0, 0.1) is 0 Å². The topological polar surface area (TPSA) is 46.2 Å². The van der Waals surface area contributed by atoms with Crippen molar-refractivity contribution < 1.29 is 4.74 Å². The molecule has 0 saturated carbocycles. The van der Waals surface area contributed by atoms with Crippen LogP contribution in [0.5, 0.6) is 5.75 Å². The molecule has 0 radical (unpaired) electrons. The molecular weight excluding hydrogens is 390 g/mol. The van der Waals surface area contributed by atoms with Crippen LogP contribution >= 0.6 is 22.9 Å². The highest BCUT2D eigenvalue weighted by atomic mass is 35.5. The van der Waals surface area contributed by atoms with Crippen molar-refractivity contribution in [3.63, 3.8) is 0 Å². The van der Waals surface area contributed by atoms with Crippen molar-refractivity contribution in [1.82, 2.24) is 10.3 Å². The maximum Gasteiger partial charge on any atom is 0.119 e. The Balaban J connectivity index is 1.52. The van der Waals surface area contributed by atoms with E-state index in [-0.39, 0.29) is 0 Å². The lowest BCUT2D eigenvalue weighted by Crippen LogP contribution is -2.17. The summed E-state index contributed by atoms with van der Waals surface area (Å²) >= 11 is 7.92. The zero-order valence-corrected chi connectivity index (χ0v) is 17.2. The van der Waals surface area contributed by atoms with Gasteiger partial charge in [0.1, 0.15) is 5.75 Å². The highest BCUT2D eigenvalue weighted by Gasteiger charge is 2.10. The van der Waals surface area contributed by atoms with Gasteiger partial charge in [0, 0.05) is 28.9 Å². The number of fused-ring (bicyclic) bond motifs is 2. The number of rotatable bonds is 8. The lowest BCUT2D eigenvalue weighted by atomic mass is 10.1. The van der Waals surface area contributed by atoms with E-state index in [1.807, 2.05) is 36.4 Å². The van der Waals surface area contributed by atoms with Crippen LogP contribution in [0.25, 0.3) is 21.8 Å². The number of hydrogen-bond donors (Lipinski definition) is 2. The normalized spacial score (nSPS) is 11.2. The first-order valence-electron chi connectivity index (χ1n) is 9.27. The molecule has 144 valence electrons. The summed E-state index contributed by atoms with van der Waals surface area (Å²) in [5.74, 6) is 0.822. The molecule has 0 aliphatic rings. The van der Waals surface area contributed by atoms with E-state index in [1.54, 1.807) is 18.4 Å². The molecule has 4 aromatic rings. The van der Waals surface area contributed by atoms with Crippen LogP contribution in [0.1, 0.15) is 12.0 Å². The van der Waals surface area contributed by atoms with Crippen molar-refractivity contribution in [1.29, 1.82) is 0 Å². The first kappa shape index (κ1) is 19.0. The number of methoxy groups -OCH3 is 1. The lowest BCUT2D eigenvalue weighted by molar-refractivity contribution is 0.415. The number of ether oxygens (including phenoxy) is 1. The Morgan fingerprint density at radius 2 is 1.96 bits per heavy atom. The third kappa shape index (κ3) is 4.22. The van der Waals surface area contributed by atoms with E-state index in [9.17, 15) is 0 Å². The second-order valence-corrected chi connectivity index (χ2v) is 7.84. The van der Waals surface area contributed by atoms with E-state index in [0.29, 0.717) is 5.02 Å². The van der Waals surface area contributed by atoms with Gasteiger partial charge in [-0.1, -0.05) is 11.6 Å². The molecule has 2 heterocycles. The molecule has 0 aliphatic heterocycles. The van der Waals surface area contributed by atoms with Gasteiger partial charge in [-0.05, 0) is 71.8 Å². The fraction of sp³-hybridized carbons (Fsp3) is 0.227. The van der Waals surface area contributed by atoms with Gasteiger partial charge < -0.3 is 15.4 Å². The monoisotopic (exact) mass is 411 g/mol. The predicted molar refractivity (Wildman–Crippen MR) is 120 cm³/mol. The summed E-state index contributed by atoms with van der Waals surface area (Å²) < 4.78 is 5.42. The molecule has 0 spiro atoms. The lowest BCUT2D eigenvalue weighted by Gasteiger charge is -2.14. The van der Waals surface area contributed by atoms with E-state index >= 15 is 0 Å². The molecule has 2 aromatic carbocycles. The van der Waals surface area contributed by atoms with Crippen LogP contribution in [-0.2, 0) is 6.54 Å². The molecule has 0 bridgehead atoms. The molecule has 0 unspecified atom stereocenters. The van der Waals surface area contributed by atoms with E-state index in [2.05, 4.69) is 27.5 Å². The zero-order valence-electron chi connectivity index (χ0n) is 15.7. The molecule has 0 atom stereocenters. The Hall–Kier alpha value is -2.34. The Bertz CT molecular complexity index is 1080. The van der Waals surface area contributed by atoms with E-state index in [0.717, 1.165) is 59.3 Å². The Labute approximate surface area is 173 Å². The maximum atomic E-state index is 6.19. The largest absolute Gasteiger partial charge is 0.497 e. The van der Waals surface area contributed by atoms with Gasteiger partial charge in [0.05, 0.1) is 23.8 Å². The van der Waals surface area contributed by atoms with Gasteiger partial charge in [0.25, 0.3) is 0 Å². The molecular formula is C22H22ClN3OS. The van der Waals surface area contributed by atoms with Gasteiger partial charge in [-0.2, -0.15) is 11.3 Å². The van der Waals surface area contributed by atoms with Crippen LogP contribution in [-0.4, -0.2) is 25.2 Å². The molecule has 0 aliphatic carbocycles. The van der Waals surface area contributed by atoms with E-state index < -0.39 is 0 Å². The van der Waals surface area contributed by atoms with Crippen molar-refractivity contribution in [2.75, 3.05) is 25.5 Å². The number of pyridine rings is 1. The number of aromatic nitrogens is 1. The summed E-state index contributed by atoms with van der Waals surface area (Å²) in [6.07, 6.45) is 1.02. The van der Waals surface area contributed by atoms with Gasteiger partial charge >= 0.3 is 0 Å². The SMILES string of the molecule is COc1ccc2nc3cc(Cl)ccc3c(NCCCNCc3ccsc3)c2c1. The Morgan fingerprint density at radius 1 is 1.04 bits per heavy atom. The molecule has 2 aromatic heterocycles. The summed E-state index contributed by atoms with van der Waals surface area (Å²) in [5, 5.41) is 14.2. The minimum Gasteiger partial charge on any atom is -0.497 e. The molecule has 4 nitrogen and oxygen atoms in total. The second-order valence-electron chi connectivity index (χ2n) is 6.62. The highest BCUT2D eigenvalue weighted by molar-refractivity contribution is 7.07. The quantitative estimate of drug-likeness (QED) is 0.288. The average molecular weight is 412 g/mol. The third-order valence-electron chi connectivity index (χ3n) is 4.68. The summed E-state index contributed by atoms with van der Waals surface area (Å²) in [6, 6.07) is 14.0. The number of benzene rings is 2. The minimum atomic E-state index is 0.691. The molecule has 2 N–H and O–H groups in total. The summed E-state index contributed by atoms with van der Waals surface area (Å²) in [5.41, 5.74) is 4.23. The van der Waals surface area contributed by atoms with Crippen molar-refractivity contribution in [2.45, 2.75) is 13.0 Å². The maximum absolute atomic E-state index is 6.19. The fourth-order valence-electron chi connectivity index (χ4n) is 3.27. The molecule has 0 fully saturated rings. The number of hydrogen-bond acceptors (Lipinski definition) is 5. The van der Waals surface area contributed by atoms with Gasteiger partial charge in [-0.3, -0.25) is 0 Å². The number of nitrogens with zero attached hydrogens (tertiary/aromatic N) is 1. The number of thiophene rings is 1. The molecule has 0 saturated heterocycles. The van der Waals surface area contributed by atoms with Crippen molar-refractivity contribution >= 4 is 50.4 Å². The second kappa shape index (κ2) is 8.78. The van der Waals surface area contributed by atoms with Crippen LogP contribution in [0.4, 0.5) is 5.69 Å². The van der Waals surface area contributed by atoms with E-state index in [1.165, 1.54) is 5.56 Å². The predicted octanol–water partition coefficient (Wildman–Crippen LogP) is 5.70. The van der Waals surface area contributed by atoms with Crippen LogP contribution < -0.4 is 15.4 Å². The smallest absolute Gasteiger partial charge is 0.119 e. The number of nitrogens with one attached hydrogen (secondary N) is 2. The Kier molecular flexibility index (Phi) is 5.95. The van der Waals surface area contributed by atoms with Crippen molar-refractivity contribution in [2.24, 2.45) is 0 Å². The Morgan fingerprint density at radius 3 is 2.79 bits per heavy atom. The number of halogens is 1. The van der Waals surface area contributed by atoms with Crippen LogP contribution in [0.3, 0.4) is 0 Å². The van der Waals surface area contributed by atoms with E-state index in [4.69, 9.17) is 21.3 Å². The van der Waals surface area contributed by atoms with Gasteiger partial charge in [-0.15, -0.1) is 0 Å². The first-order chi connectivity index (χ1) is 13.7.